The first kappa shape index (κ1) is 17.5. The van der Waals surface area contributed by atoms with Crippen molar-refractivity contribution in [3.63, 3.8) is 0 Å². The number of hydrogen-bond donors (Lipinski definition) is 1. The van der Waals surface area contributed by atoms with Crippen LogP contribution in [0, 0.1) is 12.8 Å². The van der Waals surface area contributed by atoms with Crippen LogP contribution >= 0.6 is 0 Å². The lowest BCUT2D eigenvalue weighted by molar-refractivity contribution is -0.150. The van der Waals surface area contributed by atoms with Crippen LogP contribution in [-0.2, 0) is 14.3 Å². The van der Waals surface area contributed by atoms with Gasteiger partial charge in [-0.3, -0.25) is 9.59 Å². The molecule has 2 aromatic rings. The van der Waals surface area contributed by atoms with Crippen LogP contribution in [0.5, 0.6) is 11.5 Å². The summed E-state index contributed by atoms with van der Waals surface area (Å²) in [6.45, 7) is 5.15. The number of anilines is 1. The van der Waals surface area contributed by atoms with Gasteiger partial charge < -0.3 is 14.8 Å². The molecule has 0 aliphatic carbocycles. The molecule has 0 saturated carbocycles. The van der Waals surface area contributed by atoms with Gasteiger partial charge in [-0.2, -0.15) is 0 Å². The van der Waals surface area contributed by atoms with Crippen LogP contribution < -0.4 is 10.1 Å². The lowest BCUT2D eigenvalue weighted by Crippen LogP contribution is -2.22. The van der Waals surface area contributed by atoms with Crippen molar-refractivity contribution in [2.75, 3.05) is 11.9 Å². The van der Waals surface area contributed by atoms with E-state index in [0.29, 0.717) is 11.4 Å². The van der Waals surface area contributed by atoms with Gasteiger partial charge in [-0.25, -0.2) is 0 Å². The zero-order chi connectivity index (χ0) is 17.5. The Labute approximate surface area is 141 Å². The van der Waals surface area contributed by atoms with Crippen LogP contribution in [-0.4, -0.2) is 18.5 Å². The fourth-order valence-electron chi connectivity index (χ4n) is 1.85. The highest BCUT2D eigenvalue weighted by Gasteiger charge is 2.11. The van der Waals surface area contributed by atoms with Crippen LogP contribution in [0.3, 0.4) is 0 Å². The average Bonchev–Trinajstić information content (AvgIpc) is 2.56. The predicted molar refractivity (Wildman–Crippen MR) is 92.1 cm³/mol. The summed E-state index contributed by atoms with van der Waals surface area (Å²) in [6, 6.07) is 14.7. The monoisotopic (exact) mass is 327 g/mol. The van der Waals surface area contributed by atoms with E-state index in [2.05, 4.69) is 5.32 Å². The Morgan fingerprint density at radius 3 is 2.04 bits per heavy atom. The molecule has 0 aliphatic rings. The van der Waals surface area contributed by atoms with E-state index in [0.717, 1.165) is 5.75 Å². The average molecular weight is 327 g/mol. The van der Waals surface area contributed by atoms with E-state index < -0.39 is 5.97 Å². The smallest absolute Gasteiger partial charge is 0.308 e. The second-order valence-corrected chi connectivity index (χ2v) is 5.75. The molecule has 0 fully saturated rings. The maximum Gasteiger partial charge on any atom is 0.308 e. The molecule has 0 spiro atoms. The normalized spacial score (nSPS) is 10.3. The van der Waals surface area contributed by atoms with Crippen LogP contribution in [0.1, 0.15) is 19.4 Å². The molecule has 0 aliphatic heterocycles. The molecule has 24 heavy (non-hydrogen) atoms. The number of nitrogens with one attached hydrogen (secondary N) is 1. The molecule has 126 valence electrons. The van der Waals surface area contributed by atoms with E-state index in [9.17, 15) is 9.59 Å². The number of rotatable bonds is 6. The van der Waals surface area contributed by atoms with Crippen molar-refractivity contribution in [2.45, 2.75) is 20.8 Å². The summed E-state index contributed by atoms with van der Waals surface area (Å²) < 4.78 is 10.6. The van der Waals surface area contributed by atoms with E-state index in [-0.39, 0.29) is 18.4 Å². The molecular weight excluding hydrogens is 306 g/mol. The first-order chi connectivity index (χ1) is 11.4. The minimum Gasteiger partial charge on any atom is -0.457 e. The Morgan fingerprint density at radius 2 is 1.50 bits per heavy atom. The first-order valence-electron chi connectivity index (χ1n) is 7.75. The van der Waals surface area contributed by atoms with Crippen LogP contribution in [0.15, 0.2) is 48.5 Å². The fourth-order valence-corrected chi connectivity index (χ4v) is 1.85. The van der Waals surface area contributed by atoms with Crippen LogP contribution in [0.2, 0.25) is 0 Å². The molecule has 0 bridgehead atoms. The highest BCUT2D eigenvalue weighted by Crippen LogP contribution is 2.23. The zero-order valence-electron chi connectivity index (χ0n) is 14.0. The Morgan fingerprint density at radius 1 is 0.958 bits per heavy atom. The molecule has 0 unspecified atom stereocenters. The van der Waals surface area contributed by atoms with Crippen molar-refractivity contribution in [1.82, 2.24) is 0 Å². The summed E-state index contributed by atoms with van der Waals surface area (Å²) >= 11 is 0. The SMILES string of the molecule is Cc1ccc(Oc2ccc(NC(=O)COC(=O)C(C)C)cc2)cc1. The lowest BCUT2D eigenvalue weighted by Gasteiger charge is -2.09. The molecule has 2 rings (SSSR count). The molecule has 1 N–H and O–H groups in total. The molecular formula is C19H21NO4. The standard InChI is InChI=1S/C19H21NO4/c1-13(2)19(22)23-12-18(21)20-15-6-10-17(11-7-15)24-16-8-4-14(3)5-9-16/h4-11,13H,12H2,1-3H3,(H,20,21). The van der Waals surface area contributed by atoms with E-state index in [4.69, 9.17) is 9.47 Å². The minimum absolute atomic E-state index is 0.254. The molecule has 0 saturated heterocycles. The molecule has 0 aromatic heterocycles. The largest absolute Gasteiger partial charge is 0.457 e. The molecule has 5 nitrogen and oxygen atoms in total. The van der Waals surface area contributed by atoms with E-state index in [1.165, 1.54) is 5.56 Å². The van der Waals surface area contributed by atoms with Crippen molar-refractivity contribution in [2.24, 2.45) is 5.92 Å². The topological polar surface area (TPSA) is 64.6 Å². The molecule has 5 heteroatoms. The maximum atomic E-state index is 11.7. The van der Waals surface area contributed by atoms with Gasteiger partial charge in [-0.05, 0) is 43.3 Å². The molecule has 2 aromatic carbocycles. The Kier molecular flexibility index (Phi) is 5.95. The number of esters is 1. The summed E-state index contributed by atoms with van der Waals surface area (Å²) in [4.78, 5) is 23.0. The van der Waals surface area contributed by atoms with Gasteiger partial charge >= 0.3 is 5.97 Å². The maximum absolute atomic E-state index is 11.7. The minimum atomic E-state index is -0.396. The predicted octanol–water partition coefficient (Wildman–Crippen LogP) is 3.93. The highest BCUT2D eigenvalue weighted by atomic mass is 16.5. The molecule has 0 heterocycles. The highest BCUT2D eigenvalue weighted by molar-refractivity contribution is 5.92. The number of carbonyl (C=O) groups is 2. The van der Waals surface area contributed by atoms with Gasteiger partial charge in [0.2, 0.25) is 0 Å². The van der Waals surface area contributed by atoms with E-state index >= 15 is 0 Å². The summed E-state index contributed by atoms with van der Waals surface area (Å²) in [7, 11) is 0. The Hall–Kier alpha value is -2.82. The van der Waals surface area contributed by atoms with Crippen molar-refractivity contribution < 1.29 is 19.1 Å². The third kappa shape index (κ3) is 5.43. The van der Waals surface area contributed by atoms with E-state index in [1.54, 1.807) is 38.1 Å². The van der Waals surface area contributed by atoms with Crippen molar-refractivity contribution in [1.29, 1.82) is 0 Å². The molecule has 0 radical (unpaired) electrons. The summed E-state index contributed by atoms with van der Waals surface area (Å²) in [5.74, 6) is 0.389. The number of aryl methyl sites for hydroxylation is 1. The Bertz CT molecular complexity index is 690. The quantitative estimate of drug-likeness (QED) is 0.817. The van der Waals surface area contributed by atoms with Crippen molar-refractivity contribution >= 4 is 17.6 Å². The summed E-state index contributed by atoms with van der Waals surface area (Å²) in [6.07, 6.45) is 0. The third-order valence-electron chi connectivity index (χ3n) is 3.21. The Balaban J connectivity index is 1.86. The van der Waals surface area contributed by atoms with Gasteiger partial charge in [-0.15, -0.1) is 0 Å². The number of hydrogen-bond acceptors (Lipinski definition) is 4. The van der Waals surface area contributed by atoms with Crippen molar-refractivity contribution in [3.8, 4) is 11.5 Å². The van der Waals surface area contributed by atoms with Crippen LogP contribution in [0.25, 0.3) is 0 Å². The van der Waals surface area contributed by atoms with Gasteiger partial charge in [0.05, 0.1) is 5.92 Å². The van der Waals surface area contributed by atoms with Gasteiger partial charge in [0.1, 0.15) is 11.5 Å². The number of amides is 1. The number of benzene rings is 2. The second kappa shape index (κ2) is 8.15. The van der Waals surface area contributed by atoms with Gasteiger partial charge in [0.25, 0.3) is 5.91 Å². The first-order valence-corrected chi connectivity index (χ1v) is 7.75. The van der Waals surface area contributed by atoms with Crippen molar-refractivity contribution in [3.05, 3.63) is 54.1 Å². The van der Waals surface area contributed by atoms with Gasteiger partial charge in [0, 0.05) is 5.69 Å². The fraction of sp³-hybridized carbons (Fsp3) is 0.263. The zero-order valence-corrected chi connectivity index (χ0v) is 14.0. The van der Waals surface area contributed by atoms with Gasteiger partial charge in [-0.1, -0.05) is 31.5 Å². The van der Waals surface area contributed by atoms with E-state index in [1.807, 2.05) is 31.2 Å². The molecule has 1 amide bonds. The summed E-state index contributed by atoms with van der Waals surface area (Å²) in [5, 5.41) is 2.66. The number of ether oxygens (including phenoxy) is 2. The van der Waals surface area contributed by atoms with Crippen LogP contribution in [0.4, 0.5) is 5.69 Å². The summed E-state index contributed by atoms with van der Waals surface area (Å²) in [5.41, 5.74) is 1.77. The van der Waals surface area contributed by atoms with Gasteiger partial charge in [0.15, 0.2) is 6.61 Å². The second-order valence-electron chi connectivity index (χ2n) is 5.75. The third-order valence-corrected chi connectivity index (χ3v) is 3.21. The molecule has 0 atom stereocenters. The number of carbonyl (C=O) groups excluding carboxylic acids is 2. The lowest BCUT2D eigenvalue weighted by atomic mass is 10.2.